The van der Waals surface area contributed by atoms with Gasteiger partial charge in [0.25, 0.3) is 0 Å². The fourth-order valence-corrected chi connectivity index (χ4v) is 4.58. The minimum atomic E-state index is -0.293. The first kappa shape index (κ1) is 12.6. The Hall–Kier alpha value is -2.09. The van der Waals surface area contributed by atoms with Crippen LogP contribution >= 0.6 is 0 Å². The Labute approximate surface area is 125 Å². The Balaban J connectivity index is 2.08. The minimum absolute atomic E-state index is 0.0566. The number of rotatable bonds is 0. The molecule has 4 rings (SSSR count). The van der Waals surface area contributed by atoms with E-state index < -0.39 is 0 Å². The second-order valence-electron chi connectivity index (χ2n) is 6.61. The van der Waals surface area contributed by atoms with Crippen molar-refractivity contribution in [2.45, 2.75) is 38.1 Å². The fraction of sp³-hybridized carbons (Fsp3) is 0.316. The zero-order valence-corrected chi connectivity index (χ0v) is 12.7. The van der Waals surface area contributed by atoms with E-state index in [0.29, 0.717) is 0 Å². The third kappa shape index (κ3) is 1.26. The van der Waals surface area contributed by atoms with Crippen molar-refractivity contribution in [3.05, 3.63) is 65.2 Å². The number of carbonyl (C=O) groups is 1. The maximum absolute atomic E-state index is 12.4. The van der Waals surface area contributed by atoms with Crippen molar-refractivity contribution < 1.29 is 4.79 Å². The number of fused-ring (bicyclic) bond motifs is 5. The highest BCUT2D eigenvalue weighted by atomic mass is 16.2. The van der Waals surface area contributed by atoms with E-state index >= 15 is 0 Å². The van der Waals surface area contributed by atoms with Crippen LogP contribution < -0.4 is 4.90 Å². The second-order valence-corrected chi connectivity index (χ2v) is 6.61. The lowest BCUT2D eigenvalue weighted by atomic mass is 9.70. The maximum Gasteiger partial charge on any atom is 0.224 e. The number of carbonyl (C=O) groups excluding carboxylic acids is 1. The lowest BCUT2D eigenvalue weighted by Crippen LogP contribution is -2.51. The smallest absolute Gasteiger partial charge is 0.224 e. The molecule has 2 aliphatic rings. The highest BCUT2D eigenvalue weighted by Gasteiger charge is 2.62. The third-order valence-electron chi connectivity index (χ3n) is 5.66. The van der Waals surface area contributed by atoms with E-state index in [0.717, 1.165) is 12.1 Å². The molecule has 0 saturated heterocycles. The molecule has 0 radical (unpaired) electrons. The van der Waals surface area contributed by atoms with Crippen molar-refractivity contribution in [3.8, 4) is 0 Å². The third-order valence-corrected chi connectivity index (χ3v) is 5.66. The van der Waals surface area contributed by atoms with Gasteiger partial charge in [-0.05, 0) is 36.1 Å². The molecule has 2 unspecified atom stereocenters. The van der Waals surface area contributed by atoms with Crippen LogP contribution in [0.2, 0.25) is 0 Å². The molecule has 21 heavy (non-hydrogen) atoms. The van der Waals surface area contributed by atoms with Gasteiger partial charge < -0.3 is 4.90 Å². The first-order valence-corrected chi connectivity index (χ1v) is 7.49. The van der Waals surface area contributed by atoms with E-state index in [1.165, 1.54) is 16.7 Å². The van der Waals surface area contributed by atoms with Crippen molar-refractivity contribution in [1.29, 1.82) is 0 Å². The quantitative estimate of drug-likeness (QED) is 0.717. The Morgan fingerprint density at radius 2 is 1.62 bits per heavy atom. The van der Waals surface area contributed by atoms with Crippen LogP contribution in [0.25, 0.3) is 0 Å². The summed E-state index contributed by atoms with van der Waals surface area (Å²) in [5, 5.41) is 0. The molecule has 1 aliphatic carbocycles. The Morgan fingerprint density at radius 1 is 1.00 bits per heavy atom. The van der Waals surface area contributed by atoms with Gasteiger partial charge >= 0.3 is 0 Å². The Kier molecular flexibility index (Phi) is 2.26. The zero-order valence-electron chi connectivity index (χ0n) is 12.7. The van der Waals surface area contributed by atoms with Gasteiger partial charge in [-0.2, -0.15) is 0 Å². The normalized spacial score (nSPS) is 29.0. The largest absolute Gasteiger partial charge is 0.302 e. The topological polar surface area (TPSA) is 20.3 Å². The molecule has 106 valence electrons. The molecule has 0 aromatic heterocycles. The van der Waals surface area contributed by atoms with Crippen LogP contribution in [0.15, 0.2) is 48.5 Å². The molecule has 1 amide bonds. The Bertz CT molecular complexity index is 766. The lowest BCUT2D eigenvalue weighted by molar-refractivity contribution is -0.118. The van der Waals surface area contributed by atoms with Gasteiger partial charge in [-0.15, -0.1) is 0 Å². The van der Waals surface area contributed by atoms with Gasteiger partial charge in [0.1, 0.15) is 0 Å². The van der Waals surface area contributed by atoms with Gasteiger partial charge in [-0.3, -0.25) is 4.79 Å². The van der Waals surface area contributed by atoms with Gasteiger partial charge in [0.2, 0.25) is 5.91 Å². The second kappa shape index (κ2) is 3.76. The molecule has 1 heterocycles. The first-order chi connectivity index (χ1) is 10.00. The average molecular weight is 277 g/mol. The number of nitrogens with zero attached hydrogens (tertiary/aromatic N) is 1. The highest BCUT2D eigenvalue weighted by Crippen LogP contribution is 2.62. The van der Waals surface area contributed by atoms with E-state index in [4.69, 9.17) is 0 Å². The van der Waals surface area contributed by atoms with Crippen molar-refractivity contribution >= 4 is 11.6 Å². The molecule has 2 heteroatoms. The molecule has 0 spiro atoms. The molecule has 1 aliphatic heterocycles. The number of para-hydroxylation sites is 1. The average Bonchev–Trinajstić information content (AvgIpc) is 2.80. The monoisotopic (exact) mass is 277 g/mol. The van der Waals surface area contributed by atoms with Crippen LogP contribution in [0.1, 0.15) is 37.5 Å². The van der Waals surface area contributed by atoms with Crippen molar-refractivity contribution in [2.75, 3.05) is 4.90 Å². The van der Waals surface area contributed by atoms with Crippen molar-refractivity contribution in [3.63, 3.8) is 0 Å². The number of hydrogen-bond acceptors (Lipinski definition) is 1. The summed E-state index contributed by atoms with van der Waals surface area (Å²) in [5.74, 6) is 0.116. The molecule has 2 aromatic carbocycles. The molecule has 0 saturated carbocycles. The number of benzene rings is 2. The standard InChI is InChI=1S/C19H19NO/c1-13(21)20-17-11-7-6-10-16(17)18(2)12-14-8-4-5-9-15(14)19(18,20)3/h4-11H,12H2,1-3H3. The molecule has 2 nitrogen and oxygen atoms in total. The van der Waals surface area contributed by atoms with Gasteiger partial charge in [0, 0.05) is 18.0 Å². The summed E-state index contributed by atoms with van der Waals surface area (Å²) in [6.07, 6.45) is 0.987. The maximum atomic E-state index is 12.4. The predicted molar refractivity (Wildman–Crippen MR) is 84.5 cm³/mol. The fourth-order valence-electron chi connectivity index (χ4n) is 4.58. The summed E-state index contributed by atoms with van der Waals surface area (Å²) >= 11 is 0. The summed E-state index contributed by atoms with van der Waals surface area (Å²) in [5.41, 5.74) is 4.67. The van der Waals surface area contributed by atoms with Crippen LogP contribution in [-0.2, 0) is 22.2 Å². The predicted octanol–water partition coefficient (Wildman–Crippen LogP) is 3.78. The number of anilines is 1. The highest BCUT2D eigenvalue weighted by molar-refractivity contribution is 5.98. The molecule has 0 fully saturated rings. The van der Waals surface area contributed by atoms with E-state index in [9.17, 15) is 4.79 Å². The first-order valence-electron chi connectivity index (χ1n) is 7.49. The van der Waals surface area contributed by atoms with E-state index in [1.807, 2.05) is 11.0 Å². The minimum Gasteiger partial charge on any atom is -0.302 e. The molecular formula is C19H19NO. The molecule has 2 atom stereocenters. The summed E-state index contributed by atoms with van der Waals surface area (Å²) in [7, 11) is 0. The molecular weight excluding hydrogens is 258 g/mol. The summed E-state index contributed by atoms with van der Waals surface area (Å²) in [4.78, 5) is 14.4. The number of hydrogen-bond donors (Lipinski definition) is 0. The van der Waals surface area contributed by atoms with Crippen LogP contribution in [0.5, 0.6) is 0 Å². The van der Waals surface area contributed by atoms with Crippen molar-refractivity contribution in [1.82, 2.24) is 0 Å². The van der Waals surface area contributed by atoms with Crippen LogP contribution in [0, 0.1) is 0 Å². The van der Waals surface area contributed by atoms with Crippen LogP contribution in [-0.4, -0.2) is 5.91 Å². The number of amides is 1. The van der Waals surface area contributed by atoms with Gasteiger partial charge in [-0.1, -0.05) is 49.4 Å². The van der Waals surface area contributed by atoms with Crippen LogP contribution in [0.4, 0.5) is 5.69 Å². The SMILES string of the molecule is CC(=O)N1c2ccccc2C2(C)Cc3ccccc3C12C. The van der Waals surface area contributed by atoms with Crippen molar-refractivity contribution in [2.24, 2.45) is 0 Å². The van der Waals surface area contributed by atoms with E-state index in [2.05, 4.69) is 56.3 Å². The molecule has 0 N–H and O–H groups in total. The summed E-state index contributed by atoms with van der Waals surface area (Å²) < 4.78 is 0. The molecule has 2 aromatic rings. The lowest BCUT2D eigenvalue weighted by Gasteiger charge is -2.41. The summed E-state index contributed by atoms with van der Waals surface area (Å²) in [6, 6.07) is 16.9. The van der Waals surface area contributed by atoms with Gasteiger partial charge in [-0.25, -0.2) is 0 Å². The van der Waals surface area contributed by atoms with Gasteiger partial charge in [0.15, 0.2) is 0 Å². The van der Waals surface area contributed by atoms with E-state index in [1.54, 1.807) is 6.92 Å². The van der Waals surface area contributed by atoms with E-state index in [-0.39, 0.29) is 16.9 Å². The zero-order chi connectivity index (χ0) is 14.8. The van der Waals surface area contributed by atoms with Gasteiger partial charge in [0.05, 0.1) is 5.54 Å². The van der Waals surface area contributed by atoms with Crippen LogP contribution in [0.3, 0.4) is 0 Å². The molecule has 0 bridgehead atoms. The summed E-state index contributed by atoms with van der Waals surface area (Å²) in [6.45, 7) is 6.20. The Morgan fingerprint density at radius 3 is 2.33 bits per heavy atom.